The van der Waals surface area contributed by atoms with Crippen molar-refractivity contribution in [2.24, 2.45) is 0 Å². The molecule has 0 unspecified atom stereocenters. The van der Waals surface area contributed by atoms with Gasteiger partial charge in [0.15, 0.2) is 0 Å². The van der Waals surface area contributed by atoms with E-state index in [1.54, 1.807) is 35.2 Å². The molecule has 0 amide bonds. The van der Waals surface area contributed by atoms with Crippen LogP contribution in [-0.4, -0.2) is 12.7 Å². The zero-order chi connectivity index (χ0) is 28.7. The van der Waals surface area contributed by atoms with Gasteiger partial charge in [0.05, 0.1) is 17.8 Å². The van der Waals surface area contributed by atoms with Crippen LogP contribution in [0.4, 0.5) is 34.6 Å². The molecule has 0 fully saturated rings. The zero-order valence-electron chi connectivity index (χ0n) is 22.2. The van der Waals surface area contributed by atoms with Crippen LogP contribution in [0.15, 0.2) is 110 Å². The Morgan fingerprint density at radius 1 is 0.900 bits per heavy atom. The van der Waals surface area contributed by atoms with Crippen molar-refractivity contribution >= 4 is 23.1 Å². The second kappa shape index (κ2) is 12.6. The number of alkyl halides is 3. The van der Waals surface area contributed by atoms with Crippen molar-refractivity contribution in [2.75, 3.05) is 22.1 Å². The summed E-state index contributed by atoms with van der Waals surface area (Å²) in [5.74, 6) is 0.0291. The normalized spacial score (nSPS) is 11.1. The Morgan fingerprint density at radius 3 is 2.30 bits per heavy atom. The maximum absolute atomic E-state index is 14.2. The summed E-state index contributed by atoms with van der Waals surface area (Å²) in [6.07, 6.45) is -3.66. The number of nitrogens with zero attached hydrogens (tertiary/aromatic N) is 1. The summed E-state index contributed by atoms with van der Waals surface area (Å²) in [6, 6.07) is 26.8. The number of hydrogen-bond donors (Lipinski definition) is 2. The molecular weight excluding hydrogens is 514 g/mol. The molecule has 0 saturated carbocycles. The molecule has 4 rings (SSSR count). The predicted octanol–water partition coefficient (Wildman–Crippen LogP) is 9.40. The molecule has 40 heavy (non-hydrogen) atoms. The molecule has 0 aliphatic heterocycles. The quantitative estimate of drug-likeness (QED) is 0.184. The highest BCUT2D eigenvalue weighted by Crippen LogP contribution is 2.36. The van der Waals surface area contributed by atoms with Crippen LogP contribution in [0.3, 0.4) is 0 Å². The van der Waals surface area contributed by atoms with Crippen LogP contribution in [0.1, 0.15) is 23.1 Å². The first-order chi connectivity index (χ1) is 19.1. The maximum Gasteiger partial charge on any atom is 0.390 e. The molecule has 4 aromatic carbocycles. The molecule has 0 radical (unpaired) electrons. The Hall–Kier alpha value is -4.52. The fraction of sp³-hybridized carbons (Fsp3) is 0.152. The van der Waals surface area contributed by atoms with E-state index in [0.29, 0.717) is 28.3 Å². The summed E-state index contributed by atoms with van der Waals surface area (Å²) in [4.78, 5) is 1.69. The Balaban J connectivity index is 1.76. The number of anilines is 3. The van der Waals surface area contributed by atoms with Gasteiger partial charge in [-0.1, -0.05) is 79.4 Å². The molecule has 0 aliphatic rings. The minimum absolute atomic E-state index is 0.248. The van der Waals surface area contributed by atoms with Crippen LogP contribution in [0, 0.1) is 12.7 Å². The topological polar surface area (TPSA) is 27.3 Å². The summed E-state index contributed by atoms with van der Waals surface area (Å²) < 4.78 is 54.3. The van der Waals surface area contributed by atoms with E-state index in [2.05, 4.69) is 23.8 Å². The molecule has 0 saturated heterocycles. The van der Waals surface area contributed by atoms with Crippen LogP contribution in [-0.2, 0) is 6.54 Å². The van der Waals surface area contributed by atoms with Crippen molar-refractivity contribution in [1.29, 1.82) is 0 Å². The second-order valence-corrected chi connectivity index (χ2v) is 9.53. The van der Waals surface area contributed by atoms with Crippen molar-refractivity contribution in [2.45, 2.75) is 26.1 Å². The van der Waals surface area contributed by atoms with E-state index in [9.17, 15) is 17.6 Å². The van der Waals surface area contributed by atoms with Crippen molar-refractivity contribution in [3.05, 3.63) is 132 Å². The third-order valence-corrected chi connectivity index (χ3v) is 6.40. The molecular formula is C33H31F4N3. The lowest BCUT2D eigenvalue weighted by Crippen LogP contribution is -2.28. The monoisotopic (exact) mass is 545 g/mol. The van der Waals surface area contributed by atoms with Crippen LogP contribution in [0.25, 0.3) is 17.2 Å². The van der Waals surface area contributed by atoms with E-state index in [1.807, 2.05) is 61.5 Å². The highest BCUT2D eigenvalue weighted by atomic mass is 19.4. The van der Waals surface area contributed by atoms with Gasteiger partial charge in [-0.25, -0.2) is 4.39 Å². The summed E-state index contributed by atoms with van der Waals surface area (Å²) in [5.41, 5.74) is 5.89. The van der Waals surface area contributed by atoms with Crippen LogP contribution >= 0.6 is 0 Å². The number of hydrogen-bond acceptors (Lipinski definition) is 3. The van der Waals surface area contributed by atoms with E-state index in [0.717, 1.165) is 22.4 Å². The molecule has 4 aromatic rings. The number of nitrogens with one attached hydrogen (secondary N) is 2. The van der Waals surface area contributed by atoms with Gasteiger partial charge in [-0.3, -0.25) is 0 Å². The smallest absolute Gasteiger partial charge is 0.365 e. The van der Waals surface area contributed by atoms with Crippen molar-refractivity contribution < 1.29 is 17.6 Å². The minimum Gasteiger partial charge on any atom is -0.365 e. The van der Waals surface area contributed by atoms with Gasteiger partial charge in [0.1, 0.15) is 11.6 Å². The van der Waals surface area contributed by atoms with Gasteiger partial charge in [0, 0.05) is 18.8 Å². The van der Waals surface area contributed by atoms with E-state index in [1.165, 1.54) is 12.1 Å². The minimum atomic E-state index is -4.32. The molecule has 0 bridgehead atoms. The predicted molar refractivity (Wildman–Crippen MR) is 158 cm³/mol. The number of aryl methyl sites for hydroxylation is 1. The van der Waals surface area contributed by atoms with Crippen LogP contribution in [0.2, 0.25) is 0 Å². The highest BCUT2D eigenvalue weighted by molar-refractivity contribution is 5.83. The van der Waals surface area contributed by atoms with Gasteiger partial charge in [-0.2, -0.15) is 13.2 Å². The molecule has 7 heteroatoms. The van der Waals surface area contributed by atoms with E-state index < -0.39 is 18.4 Å². The molecule has 0 spiro atoms. The molecule has 0 aromatic heterocycles. The first kappa shape index (κ1) is 28.5. The average Bonchev–Trinajstić information content (AvgIpc) is 2.92. The van der Waals surface area contributed by atoms with Gasteiger partial charge in [-0.05, 0) is 65.6 Å². The maximum atomic E-state index is 14.2. The SMILES string of the molecule is C=Cc1ccc(F)cc1-c1ccc(N(CCC(F)(F)F)Cc2ccccc2)c(NC(=C)Nc2ccc(C)cc2)c1. The van der Waals surface area contributed by atoms with Crippen molar-refractivity contribution in [3.63, 3.8) is 0 Å². The standard InChI is InChI=1S/C33H31F4N3/c1-4-26-12-14-28(34)21-30(26)27-13-17-32(31(20-27)39-24(3)38-29-15-10-23(2)11-16-29)40(19-18-33(35,36)37)22-25-8-6-5-7-9-25/h4-17,20-21,38-39H,1,3,18-19,22H2,2H3. The van der Waals surface area contributed by atoms with Crippen LogP contribution in [0.5, 0.6) is 0 Å². The third-order valence-electron chi connectivity index (χ3n) is 6.40. The first-order valence-corrected chi connectivity index (χ1v) is 12.8. The van der Waals surface area contributed by atoms with E-state index >= 15 is 0 Å². The lowest BCUT2D eigenvalue weighted by Gasteiger charge is -2.29. The first-order valence-electron chi connectivity index (χ1n) is 12.8. The Morgan fingerprint density at radius 2 is 1.62 bits per heavy atom. The molecule has 0 atom stereocenters. The summed E-state index contributed by atoms with van der Waals surface area (Å²) >= 11 is 0. The second-order valence-electron chi connectivity index (χ2n) is 9.53. The fourth-order valence-electron chi connectivity index (χ4n) is 4.39. The Labute approximate surface area is 232 Å². The molecule has 3 nitrogen and oxygen atoms in total. The van der Waals surface area contributed by atoms with Gasteiger partial charge in [0.25, 0.3) is 0 Å². The third kappa shape index (κ3) is 7.76. The van der Waals surface area contributed by atoms with Gasteiger partial charge in [0.2, 0.25) is 0 Å². The van der Waals surface area contributed by atoms with E-state index in [-0.39, 0.29) is 13.1 Å². The van der Waals surface area contributed by atoms with Crippen molar-refractivity contribution in [3.8, 4) is 11.1 Å². The van der Waals surface area contributed by atoms with Gasteiger partial charge in [-0.15, -0.1) is 0 Å². The highest BCUT2D eigenvalue weighted by Gasteiger charge is 2.28. The van der Waals surface area contributed by atoms with Crippen molar-refractivity contribution in [1.82, 2.24) is 0 Å². The average molecular weight is 546 g/mol. The fourth-order valence-corrected chi connectivity index (χ4v) is 4.39. The van der Waals surface area contributed by atoms with E-state index in [4.69, 9.17) is 0 Å². The lowest BCUT2D eigenvalue weighted by atomic mass is 9.98. The molecule has 0 aliphatic carbocycles. The van der Waals surface area contributed by atoms with Crippen LogP contribution < -0.4 is 15.5 Å². The largest absolute Gasteiger partial charge is 0.390 e. The van der Waals surface area contributed by atoms with Gasteiger partial charge < -0.3 is 15.5 Å². The summed E-state index contributed by atoms with van der Waals surface area (Å²) in [6.45, 7) is 9.93. The Bertz CT molecular complexity index is 1460. The lowest BCUT2D eigenvalue weighted by molar-refractivity contribution is -0.132. The number of halogens is 4. The molecule has 2 N–H and O–H groups in total. The molecule has 206 valence electrons. The zero-order valence-corrected chi connectivity index (χ0v) is 22.2. The summed E-state index contributed by atoms with van der Waals surface area (Å²) in [7, 11) is 0. The summed E-state index contributed by atoms with van der Waals surface area (Å²) in [5, 5.41) is 6.45. The Kier molecular flexibility index (Phi) is 8.94. The number of benzene rings is 4. The molecule has 0 heterocycles. The number of rotatable bonds is 11. The van der Waals surface area contributed by atoms with Gasteiger partial charge >= 0.3 is 6.18 Å².